The molecule has 0 spiro atoms. The molecule has 2 atom stereocenters. The van der Waals surface area contributed by atoms with E-state index in [0.717, 1.165) is 12.8 Å². The molecule has 0 aliphatic carbocycles. The monoisotopic (exact) mass is 401 g/mol. The molecule has 0 aromatic heterocycles. The maximum absolute atomic E-state index is 13.4. The average molecular weight is 402 g/mol. The van der Waals surface area contributed by atoms with Crippen molar-refractivity contribution in [1.29, 1.82) is 0 Å². The Morgan fingerprint density at radius 2 is 2.15 bits per heavy atom. The maximum atomic E-state index is 13.4. The molecular weight excluding hydrogens is 373 g/mol. The first kappa shape index (κ1) is 23.3. The van der Waals surface area contributed by atoms with E-state index in [2.05, 4.69) is 5.32 Å². The van der Waals surface area contributed by atoms with E-state index in [0.29, 0.717) is 18.7 Å². The van der Waals surface area contributed by atoms with Crippen LogP contribution in [0.2, 0.25) is 0 Å². The zero-order chi connectivity index (χ0) is 19.1. The summed E-state index contributed by atoms with van der Waals surface area (Å²) >= 11 is 0. The number of nitrogens with one attached hydrogen (secondary N) is 1. The van der Waals surface area contributed by atoms with Crippen LogP contribution in [0.5, 0.6) is 0 Å². The lowest BCUT2D eigenvalue weighted by Crippen LogP contribution is -2.48. The zero-order valence-corrected chi connectivity index (χ0v) is 16.6. The molecule has 1 aliphatic rings. The lowest BCUT2D eigenvalue weighted by atomic mass is 10.1. The summed E-state index contributed by atoms with van der Waals surface area (Å²) in [7, 11) is 0. The molecule has 1 aromatic carbocycles. The van der Waals surface area contributed by atoms with E-state index in [-0.39, 0.29) is 55.1 Å². The highest BCUT2D eigenvalue weighted by Gasteiger charge is 2.24. The van der Waals surface area contributed by atoms with Gasteiger partial charge in [-0.05, 0) is 36.5 Å². The van der Waals surface area contributed by atoms with Crippen molar-refractivity contribution in [3.63, 3.8) is 0 Å². The number of nitrogens with zero attached hydrogens (tertiary/aromatic N) is 1. The Balaban J connectivity index is 0.00000364. The highest BCUT2D eigenvalue weighted by molar-refractivity contribution is 5.87. The molecule has 6 nitrogen and oxygen atoms in total. The molecule has 8 heteroatoms. The van der Waals surface area contributed by atoms with Crippen LogP contribution in [0.3, 0.4) is 0 Å². The van der Waals surface area contributed by atoms with Crippen molar-refractivity contribution in [3.8, 4) is 0 Å². The SMILES string of the molecule is CC(C)[C@H](N)C(=O)NCC(=O)N(Cc1cccc(F)c1)CC1CCCO1.Cl. The number of amides is 2. The van der Waals surface area contributed by atoms with Crippen LogP contribution in [0.1, 0.15) is 32.3 Å². The van der Waals surface area contributed by atoms with Gasteiger partial charge in [0, 0.05) is 19.7 Å². The largest absolute Gasteiger partial charge is 0.376 e. The van der Waals surface area contributed by atoms with E-state index in [1.165, 1.54) is 12.1 Å². The normalized spacial score (nSPS) is 17.3. The van der Waals surface area contributed by atoms with Crippen molar-refractivity contribution >= 4 is 24.2 Å². The number of rotatable bonds is 8. The van der Waals surface area contributed by atoms with Crippen molar-refractivity contribution in [3.05, 3.63) is 35.6 Å². The third kappa shape index (κ3) is 7.44. The molecule has 152 valence electrons. The number of carbonyl (C=O) groups excluding carboxylic acids is 2. The van der Waals surface area contributed by atoms with Gasteiger partial charge in [-0.3, -0.25) is 9.59 Å². The second-order valence-electron chi connectivity index (χ2n) is 7.03. The minimum Gasteiger partial charge on any atom is -0.376 e. The van der Waals surface area contributed by atoms with E-state index in [9.17, 15) is 14.0 Å². The predicted octanol–water partition coefficient (Wildman–Crippen LogP) is 1.85. The van der Waals surface area contributed by atoms with Gasteiger partial charge in [-0.25, -0.2) is 4.39 Å². The molecule has 1 aliphatic heterocycles. The molecule has 3 N–H and O–H groups in total. The lowest BCUT2D eigenvalue weighted by molar-refractivity contribution is -0.135. The molecule has 1 unspecified atom stereocenters. The maximum Gasteiger partial charge on any atom is 0.242 e. The van der Waals surface area contributed by atoms with Gasteiger partial charge in [0.2, 0.25) is 11.8 Å². The van der Waals surface area contributed by atoms with Gasteiger partial charge in [0.1, 0.15) is 5.82 Å². The quantitative estimate of drug-likeness (QED) is 0.696. The van der Waals surface area contributed by atoms with E-state index in [1.807, 2.05) is 13.8 Å². The Kier molecular flexibility index (Phi) is 9.69. The Morgan fingerprint density at radius 1 is 1.41 bits per heavy atom. The molecule has 27 heavy (non-hydrogen) atoms. The van der Waals surface area contributed by atoms with Crippen LogP contribution in [0.4, 0.5) is 4.39 Å². The Hall–Kier alpha value is -1.70. The summed E-state index contributed by atoms with van der Waals surface area (Å²) in [6, 6.07) is 5.50. The predicted molar refractivity (Wildman–Crippen MR) is 104 cm³/mol. The Morgan fingerprint density at radius 3 is 2.74 bits per heavy atom. The number of carbonyl (C=O) groups is 2. The molecule has 1 heterocycles. The van der Waals surface area contributed by atoms with Crippen molar-refractivity contribution < 1.29 is 18.7 Å². The van der Waals surface area contributed by atoms with Gasteiger partial charge in [0.05, 0.1) is 18.7 Å². The second kappa shape index (κ2) is 11.2. The molecule has 2 rings (SSSR count). The van der Waals surface area contributed by atoms with Crippen LogP contribution in [-0.4, -0.2) is 48.6 Å². The van der Waals surface area contributed by atoms with Gasteiger partial charge in [0.25, 0.3) is 0 Å². The van der Waals surface area contributed by atoms with Crippen molar-refractivity contribution in [2.75, 3.05) is 19.7 Å². The summed E-state index contributed by atoms with van der Waals surface area (Å²) in [4.78, 5) is 26.2. The van der Waals surface area contributed by atoms with Gasteiger partial charge in [-0.15, -0.1) is 12.4 Å². The van der Waals surface area contributed by atoms with Gasteiger partial charge < -0.3 is 20.7 Å². The fraction of sp³-hybridized carbons (Fsp3) is 0.579. The van der Waals surface area contributed by atoms with Crippen LogP contribution >= 0.6 is 12.4 Å². The Bertz CT molecular complexity index is 624. The van der Waals surface area contributed by atoms with E-state index < -0.39 is 6.04 Å². The van der Waals surface area contributed by atoms with Gasteiger partial charge in [-0.1, -0.05) is 26.0 Å². The molecule has 0 saturated carbocycles. The summed E-state index contributed by atoms with van der Waals surface area (Å²) in [6.45, 7) is 4.93. The first-order valence-electron chi connectivity index (χ1n) is 9.04. The number of ether oxygens (including phenoxy) is 1. The fourth-order valence-corrected chi connectivity index (χ4v) is 2.84. The summed E-state index contributed by atoms with van der Waals surface area (Å²) in [5.41, 5.74) is 6.49. The lowest BCUT2D eigenvalue weighted by Gasteiger charge is -2.26. The minimum absolute atomic E-state index is 0. The topological polar surface area (TPSA) is 84.7 Å². The molecule has 0 radical (unpaired) electrons. The molecule has 1 saturated heterocycles. The highest BCUT2D eigenvalue weighted by atomic mass is 35.5. The molecular formula is C19H29ClFN3O3. The van der Waals surface area contributed by atoms with Crippen molar-refractivity contribution in [2.45, 2.75) is 45.4 Å². The van der Waals surface area contributed by atoms with Gasteiger partial charge in [-0.2, -0.15) is 0 Å². The third-order valence-electron chi connectivity index (χ3n) is 4.50. The summed E-state index contributed by atoms with van der Waals surface area (Å²) in [6.07, 6.45) is 1.82. The van der Waals surface area contributed by atoms with Crippen molar-refractivity contribution in [2.24, 2.45) is 11.7 Å². The number of nitrogens with two attached hydrogens (primary N) is 1. The van der Waals surface area contributed by atoms with Gasteiger partial charge >= 0.3 is 0 Å². The van der Waals surface area contributed by atoms with E-state index >= 15 is 0 Å². The van der Waals surface area contributed by atoms with E-state index in [4.69, 9.17) is 10.5 Å². The molecule has 0 bridgehead atoms. The molecule has 1 fully saturated rings. The third-order valence-corrected chi connectivity index (χ3v) is 4.50. The first-order valence-corrected chi connectivity index (χ1v) is 9.04. The number of halogens is 2. The Labute approximate surface area is 166 Å². The average Bonchev–Trinajstić information content (AvgIpc) is 3.11. The van der Waals surface area contributed by atoms with Crippen LogP contribution in [0.25, 0.3) is 0 Å². The fourth-order valence-electron chi connectivity index (χ4n) is 2.84. The smallest absolute Gasteiger partial charge is 0.242 e. The summed E-state index contributed by atoms with van der Waals surface area (Å²) in [5, 5.41) is 2.60. The number of benzene rings is 1. The van der Waals surface area contributed by atoms with Crippen LogP contribution in [-0.2, 0) is 20.9 Å². The molecule has 1 aromatic rings. The number of hydrogen-bond donors (Lipinski definition) is 2. The van der Waals surface area contributed by atoms with E-state index in [1.54, 1.807) is 17.0 Å². The van der Waals surface area contributed by atoms with Crippen LogP contribution < -0.4 is 11.1 Å². The summed E-state index contributed by atoms with van der Waals surface area (Å²) < 4.78 is 19.1. The van der Waals surface area contributed by atoms with Crippen LogP contribution in [0, 0.1) is 11.7 Å². The van der Waals surface area contributed by atoms with Crippen LogP contribution in [0.15, 0.2) is 24.3 Å². The second-order valence-corrected chi connectivity index (χ2v) is 7.03. The van der Waals surface area contributed by atoms with Gasteiger partial charge in [0.15, 0.2) is 0 Å². The number of hydrogen-bond acceptors (Lipinski definition) is 4. The highest BCUT2D eigenvalue weighted by Crippen LogP contribution is 2.15. The zero-order valence-electron chi connectivity index (χ0n) is 15.8. The van der Waals surface area contributed by atoms with Crippen molar-refractivity contribution in [1.82, 2.24) is 10.2 Å². The minimum atomic E-state index is -0.655. The standard InChI is InChI=1S/C19H28FN3O3.ClH/c1-13(2)18(21)19(25)22-10-17(24)23(12-16-7-4-8-26-16)11-14-5-3-6-15(20)9-14;/h3,5-6,9,13,16,18H,4,7-8,10-12,21H2,1-2H3,(H,22,25);1H/t16?,18-;/m0./s1. The summed E-state index contributed by atoms with van der Waals surface area (Å²) in [5.74, 6) is -0.950. The first-order chi connectivity index (χ1) is 12.4. The molecule has 2 amide bonds.